The van der Waals surface area contributed by atoms with E-state index in [-0.39, 0.29) is 0 Å². The van der Waals surface area contributed by atoms with Gasteiger partial charge in [0.25, 0.3) is 0 Å². The van der Waals surface area contributed by atoms with Gasteiger partial charge >= 0.3 is 0 Å². The molecular weight excluding hydrogens is 300 g/mol. The van der Waals surface area contributed by atoms with Crippen molar-refractivity contribution >= 4 is 11.6 Å². The fourth-order valence-corrected chi connectivity index (χ4v) is 5.28. The maximum atomic E-state index is 12.9. The second-order valence-corrected chi connectivity index (χ2v) is 7.87. The van der Waals surface area contributed by atoms with Crippen LogP contribution in [0.5, 0.6) is 0 Å². The average molecular weight is 324 g/mol. The molecule has 5 nitrogen and oxygen atoms in total. The van der Waals surface area contributed by atoms with E-state index in [1.54, 1.807) is 0 Å². The minimum atomic E-state index is 0.328. The van der Waals surface area contributed by atoms with Crippen LogP contribution in [0, 0.1) is 17.8 Å². The van der Waals surface area contributed by atoms with Gasteiger partial charge in [0, 0.05) is 31.1 Å². The number of pyridine rings is 1. The van der Waals surface area contributed by atoms with Gasteiger partial charge in [-0.05, 0) is 56.1 Å². The Labute approximate surface area is 142 Å². The minimum absolute atomic E-state index is 0.328. The monoisotopic (exact) mass is 324 g/mol. The Morgan fingerprint density at radius 3 is 2.67 bits per heavy atom. The maximum absolute atomic E-state index is 12.9. The molecule has 0 spiro atoms. The molecule has 126 valence electrons. The Kier molecular flexibility index (Phi) is 3.35. The third kappa shape index (κ3) is 2.25. The van der Waals surface area contributed by atoms with Crippen LogP contribution in [0.4, 0.5) is 0 Å². The number of carbonyl (C=O) groups excluding carboxylic acids is 1. The Hall–Kier alpha value is -1.91. The predicted octanol–water partition coefficient (Wildman–Crippen LogP) is 2.87. The number of rotatable bonds is 2. The van der Waals surface area contributed by atoms with Crippen LogP contribution in [-0.2, 0) is 4.79 Å². The van der Waals surface area contributed by atoms with Crippen molar-refractivity contribution in [2.24, 2.45) is 17.8 Å². The summed E-state index contributed by atoms with van der Waals surface area (Å²) in [6.45, 7) is 1.75. The highest BCUT2D eigenvalue weighted by Crippen LogP contribution is 2.49. The summed E-state index contributed by atoms with van der Waals surface area (Å²) in [5.41, 5.74) is 0.910. The molecule has 5 heteroatoms. The van der Waals surface area contributed by atoms with Crippen LogP contribution in [0.1, 0.15) is 50.3 Å². The summed E-state index contributed by atoms with van der Waals surface area (Å²) >= 11 is 0. The third-order valence-electron chi connectivity index (χ3n) is 6.57. The summed E-state index contributed by atoms with van der Waals surface area (Å²) < 4.78 is 2.10. The number of piperidine rings is 1. The van der Waals surface area contributed by atoms with E-state index in [0.29, 0.717) is 23.7 Å². The quantitative estimate of drug-likeness (QED) is 0.853. The molecule has 2 bridgehead atoms. The zero-order chi connectivity index (χ0) is 16.1. The minimum Gasteiger partial charge on any atom is -0.342 e. The van der Waals surface area contributed by atoms with E-state index >= 15 is 0 Å². The fraction of sp³-hybridized carbons (Fsp3) is 0.632. The highest BCUT2D eigenvalue weighted by molar-refractivity contribution is 5.79. The van der Waals surface area contributed by atoms with Crippen molar-refractivity contribution in [2.75, 3.05) is 13.1 Å². The lowest BCUT2D eigenvalue weighted by atomic mass is 9.86. The van der Waals surface area contributed by atoms with E-state index < -0.39 is 0 Å². The number of carbonyl (C=O) groups is 1. The number of hydrogen-bond acceptors (Lipinski definition) is 3. The third-order valence-corrected chi connectivity index (χ3v) is 6.57. The molecule has 1 saturated heterocycles. The molecule has 2 aromatic heterocycles. The second kappa shape index (κ2) is 5.57. The summed E-state index contributed by atoms with van der Waals surface area (Å²) in [7, 11) is 0. The summed E-state index contributed by atoms with van der Waals surface area (Å²) in [6, 6.07) is 6.00. The van der Waals surface area contributed by atoms with Crippen LogP contribution in [0.25, 0.3) is 5.65 Å². The van der Waals surface area contributed by atoms with Gasteiger partial charge in [0.05, 0.1) is 0 Å². The lowest BCUT2D eigenvalue weighted by molar-refractivity contribution is -0.138. The van der Waals surface area contributed by atoms with Crippen LogP contribution in [0.3, 0.4) is 0 Å². The molecular formula is C19H24N4O. The van der Waals surface area contributed by atoms with Crippen molar-refractivity contribution in [3.05, 3.63) is 30.2 Å². The van der Waals surface area contributed by atoms with Crippen LogP contribution < -0.4 is 0 Å². The molecule has 0 aromatic carbocycles. The maximum Gasteiger partial charge on any atom is 0.225 e. The molecule has 3 fully saturated rings. The molecule has 3 atom stereocenters. The molecule has 3 heterocycles. The first-order valence-electron chi connectivity index (χ1n) is 9.38. The van der Waals surface area contributed by atoms with Gasteiger partial charge in [-0.25, -0.2) is 0 Å². The summed E-state index contributed by atoms with van der Waals surface area (Å²) in [6.07, 6.45) is 9.14. The first kappa shape index (κ1) is 14.4. The van der Waals surface area contributed by atoms with Crippen molar-refractivity contribution < 1.29 is 4.79 Å². The van der Waals surface area contributed by atoms with Gasteiger partial charge in [0.2, 0.25) is 5.91 Å². The molecule has 2 saturated carbocycles. The molecule has 5 rings (SSSR count). The van der Waals surface area contributed by atoms with Gasteiger partial charge < -0.3 is 4.90 Å². The lowest BCUT2D eigenvalue weighted by Crippen LogP contribution is -2.42. The van der Waals surface area contributed by atoms with Gasteiger partial charge in [-0.2, -0.15) is 0 Å². The predicted molar refractivity (Wildman–Crippen MR) is 90.5 cm³/mol. The highest BCUT2D eigenvalue weighted by Gasteiger charge is 2.44. The molecule has 0 unspecified atom stereocenters. The van der Waals surface area contributed by atoms with Crippen LogP contribution in [0.15, 0.2) is 24.4 Å². The van der Waals surface area contributed by atoms with Crippen LogP contribution in [0.2, 0.25) is 0 Å². The van der Waals surface area contributed by atoms with Gasteiger partial charge in [-0.1, -0.05) is 12.5 Å². The van der Waals surface area contributed by atoms with E-state index in [1.165, 1.54) is 19.3 Å². The van der Waals surface area contributed by atoms with Crippen molar-refractivity contribution in [1.82, 2.24) is 19.5 Å². The zero-order valence-electron chi connectivity index (χ0n) is 14.0. The standard InChI is InChI=1S/C19H24N4O/c24-19(16-12-13-4-5-15(16)11-13)22-9-6-14(7-10-22)18-21-20-17-3-1-2-8-23(17)18/h1-3,8,13-16H,4-7,9-12H2/t13-,15-,16-/m1/s1. The summed E-state index contributed by atoms with van der Waals surface area (Å²) in [5, 5.41) is 8.68. The topological polar surface area (TPSA) is 50.5 Å². The molecule has 0 radical (unpaired) electrons. The molecule has 1 aliphatic heterocycles. The van der Waals surface area contributed by atoms with Gasteiger partial charge in [-0.3, -0.25) is 9.20 Å². The number of hydrogen-bond donors (Lipinski definition) is 0. The SMILES string of the molecule is O=C([C@@H]1C[C@@H]2CC[C@@H]1C2)N1CCC(c2nnc3ccccn23)CC1. The smallest absolute Gasteiger partial charge is 0.225 e. The number of amides is 1. The van der Waals surface area contributed by atoms with Crippen molar-refractivity contribution in [3.63, 3.8) is 0 Å². The number of fused-ring (bicyclic) bond motifs is 3. The lowest BCUT2D eigenvalue weighted by Gasteiger charge is -2.34. The summed E-state index contributed by atoms with van der Waals surface area (Å²) in [5.74, 6) is 3.74. The molecule has 24 heavy (non-hydrogen) atoms. The molecule has 3 aliphatic rings. The van der Waals surface area contributed by atoms with E-state index in [4.69, 9.17) is 0 Å². The number of aromatic nitrogens is 3. The average Bonchev–Trinajstić information content (AvgIpc) is 3.36. The van der Waals surface area contributed by atoms with Crippen molar-refractivity contribution in [2.45, 2.75) is 44.4 Å². The van der Waals surface area contributed by atoms with Crippen LogP contribution >= 0.6 is 0 Å². The van der Waals surface area contributed by atoms with E-state index in [1.807, 2.05) is 24.4 Å². The van der Waals surface area contributed by atoms with Gasteiger partial charge in [0.15, 0.2) is 5.65 Å². The Balaban J connectivity index is 1.27. The second-order valence-electron chi connectivity index (χ2n) is 7.87. The van der Waals surface area contributed by atoms with E-state index in [2.05, 4.69) is 19.5 Å². The first-order valence-corrected chi connectivity index (χ1v) is 9.38. The largest absolute Gasteiger partial charge is 0.342 e. The van der Waals surface area contributed by atoms with Crippen LogP contribution in [-0.4, -0.2) is 38.5 Å². The van der Waals surface area contributed by atoms with E-state index in [9.17, 15) is 4.79 Å². The van der Waals surface area contributed by atoms with Gasteiger partial charge in [0.1, 0.15) is 5.82 Å². The number of nitrogens with zero attached hydrogens (tertiary/aromatic N) is 4. The molecule has 2 aliphatic carbocycles. The molecule has 0 N–H and O–H groups in total. The first-order chi connectivity index (χ1) is 11.8. The highest BCUT2D eigenvalue weighted by atomic mass is 16.2. The van der Waals surface area contributed by atoms with E-state index in [0.717, 1.165) is 49.7 Å². The molecule has 1 amide bonds. The Bertz CT molecular complexity index is 762. The van der Waals surface area contributed by atoms with Gasteiger partial charge in [-0.15, -0.1) is 10.2 Å². The van der Waals surface area contributed by atoms with Crippen molar-refractivity contribution in [3.8, 4) is 0 Å². The van der Waals surface area contributed by atoms with Crippen molar-refractivity contribution in [1.29, 1.82) is 0 Å². The zero-order valence-corrected chi connectivity index (χ0v) is 14.0. The number of likely N-dealkylation sites (tertiary alicyclic amines) is 1. The fourth-order valence-electron chi connectivity index (χ4n) is 5.28. The normalized spacial score (nSPS) is 30.3. The Morgan fingerprint density at radius 2 is 1.92 bits per heavy atom. The molecule has 2 aromatic rings. The Morgan fingerprint density at radius 1 is 1.04 bits per heavy atom. The summed E-state index contributed by atoms with van der Waals surface area (Å²) in [4.78, 5) is 15.0.